The van der Waals surface area contributed by atoms with E-state index >= 15 is 0 Å². The quantitative estimate of drug-likeness (QED) is 0.120. The monoisotopic (exact) mass is 586 g/mol. The Balaban J connectivity index is -0.000000739. The fourth-order valence-electron chi connectivity index (χ4n) is 1.19. The normalized spacial score (nSPS) is 9.90. The summed E-state index contributed by atoms with van der Waals surface area (Å²) in [6, 6.07) is 0. The van der Waals surface area contributed by atoms with E-state index in [0.29, 0.717) is 0 Å². The molecule has 0 rings (SSSR count). The molecule has 4 N–H and O–H groups in total. The van der Waals surface area contributed by atoms with Crippen LogP contribution < -0.4 is 0 Å². The Morgan fingerprint density at radius 2 is 0.561 bits per heavy atom. The third kappa shape index (κ3) is 20.9. The van der Waals surface area contributed by atoms with Crippen LogP contribution in [-0.4, -0.2) is 68.6 Å². The van der Waals surface area contributed by atoms with Crippen molar-refractivity contribution in [3.63, 3.8) is 0 Å². The van der Waals surface area contributed by atoms with Crippen LogP contribution in [0.3, 0.4) is 0 Å². The second kappa shape index (κ2) is 17.8. The molecule has 0 aromatic heterocycles. The summed E-state index contributed by atoms with van der Waals surface area (Å²) in [5.74, 6) is -6.04. The van der Waals surface area contributed by atoms with Gasteiger partial charge in [-0.25, -0.2) is 28.8 Å². The van der Waals surface area contributed by atoms with Crippen molar-refractivity contribution in [3.8, 4) is 0 Å². The predicted molar refractivity (Wildman–Crippen MR) is 139 cm³/mol. The molecular formula is C26H34O15. The van der Waals surface area contributed by atoms with Gasteiger partial charge in [-0.3, -0.25) is 0 Å². The minimum atomic E-state index is -3.50. The third-order valence-electron chi connectivity index (χ3n) is 3.15. The summed E-state index contributed by atoms with van der Waals surface area (Å²) in [7, 11) is 0. The summed E-state index contributed by atoms with van der Waals surface area (Å²) in [5.41, 5.74) is -0.191. The second-order valence-electron chi connectivity index (χ2n) is 8.02. The number of hydrogen-bond donors (Lipinski definition) is 4. The van der Waals surface area contributed by atoms with Gasteiger partial charge in [-0.15, -0.1) is 0 Å². The first kappa shape index (κ1) is 40.8. The lowest BCUT2D eigenvalue weighted by atomic mass is 10.3. The highest BCUT2D eigenvalue weighted by Crippen LogP contribution is 2.24. The van der Waals surface area contributed by atoms with Crippen LogP contribution >= 0.6 is 0 Å². The Labute approximate surface area is 235 Å². The molecule has 0 amide bonds. The van der Waals surface area contributed by atoms with Crippen molar-refractivity contribution in [1.29, 1.82) is 0 Å². The van der Waals surface area contributed by atoms with E-state index in [1.165, 1.54) is 41.5 Å². The van der Waals surface area contributed by atoms with E-state index < -0.39 is 48.1 Å². The maximum atomic E-state index is 11.8. The minimum Gasteiger partial charge on any atom is -0.386 e. The molecule has 228 valence electrons. The Bertz CT molecular complexity index is 985. The van der Waals surface area contributed by atoms with E-state index in [9.17, 15) is 28.8 Å². The lowest BCUT2D eigenvalue weighted by Gasteiger charge is -2.29. The zero-order valence-electron chi connectivity index (χ0n) is 23.5. The summed E-state index contributed by atoms with van der Waals surface area (Å²) < 4.78 is 23.4. The fraction of sp³-hybridized carbons (Fsp3) is 0.308. The molecule has 0 aliphatic rings. The number of aliphatic hydroxyl groups is 4. The minimum absolute atomic E-state index is 0.145. The van der Waals surface area contributed by atoms with Crippen LogP contribution in [0.15, 0.2) is 72.9 Å². The fourth-order valence-corrected chi connectivity index (χ4v) is 1.19. The van der Waals surface area contributed by atoms with Gasteiger partial charge in [0.05, 0.1) is 0 Å². The number of carbonyl (C=O) groups excluding carboxylic acids is 6. The van der Waals surface area contributed by atoms with E-state index in [1.807, 2.05) is 0 Å². The molecule has 0 fully saturated rings. The summed E-state index contributed by atoms with van der Waals surface area (Å²) in [5, 5.41) is 28.8. The largest absolute Gasteiger partial charge is 0.620 e. The van der Waals surface area contributed by atoms with Gasteiger partial charge in [-0.05, 0) is 41.5 Å². The van der Waals surface area contributed by atoms with Gasteiger partial charge in [0.25, 0.3) is 0 Å². The number of ether oxygens (including phenoxy) is 5. The summed E-state index contributed by atoms with van der Waals surface area (Å²) in [6.07, 6.45) is -6.63. The molecule has 0 saturated heterocycles. The third-order valence-corrected chi connectivity index (χ3v) is 3.15. The molecule has 0 aliphatic heterocycles. The van der Waals surface area contributed by atoms with Crippen molar-refractivity contribution in [1.82, 2.24) is 0 Å². The zero-order valence-corrected chi connectivity index (χ0v) is 23.5. The summed E-state index contributed by atoms with van der Waals surface area (Å²) >= 11 is 0. The average Bonchev–Trinajstić information content (AvgIpc) is 2.77. The van der Waals surface area contributed by atoms with E-state index in [0.717, 1.165) is 0 Å². The van der Waals surface area contributed by atoms with Crippen molar-refractivity contribution < 1.29 is 72.9 Å². The van der Waals surface area contributed by atoms with Crippen LogP contribution in [0.25, 0.3) is 0 Å². The van der Waals surface area contributed by atoms with E-state index in [-0.39, 0.29) is 33.4 Å². The van der Waals surface area contributed by atoms with Gasteiger partial charge in [0.2, 0.25) is 0 Å². The van der Waals surface area contributed by atoms with Gasteiger partial charge in [-0.2, -0.15) is 0 Å². The first-order valence-corrected chi connectivity index (χ1v) is 10.8. The van der Waals surface area contributed by atoms with Gasteiger partial charge < -0.3 is 44.1 Å². The van der Waals surface area contributed by atoms with E-state index in [2.05, 4.69) is 44.2 Å². The maximum Gasteiger partial charge on any atom is 0.620 e. The van der Waals surface area contributed by atoms with Crippen molar-refractivity contribution in [2.75, 3.05) is 0 Å². The summed E-state index contributed by atoms with van der Waals surface area (Å²) in [4.78, 5) is 68.7. The van der Waals surface area contributed by atoms with Crippen molar-refractivity contribution in [3.05, 3.63) is 72.9 Å². The SMILES string of the molecule is C=C(C)C(=O)OC(=O)C(=C)C.C=C(C)C(=O)OC(OC(=O)C(=C)C)(OC(=O)C(=C)C)OC(=O)C(=C)C.OC(O)(O)O. The highest BCUT2D eigenvalue weighted by molar-refractivity contribution is 6.00. The molecule has 15 nitrogen and oxygen atoms in total. The molecule has 0 unspecified atom stereocenters. The lowest BCUT2D eigenvalue weighted by molar-refractivity contribution is -0.436. The number of hydrogen-bond acceptors (Lipinski definition) is 15. The van der Waals surface area contributed by atoms with Crippen molar-refractivity contribution in [2.24, 2.45) is 0 Å². The van der Waals surface area contributed by atoms with Gasteiger partial charge in [0.1, 0.15) is 0 Å². The topological polar surface area (TPSA) is 229 Å². The number of esters is 6. The van der Waals surface area contributed by atoms with Crippen LogP contribution in [-0.2, 0) is 52.5 Å². The maximum absolute atomic E-state index is 11.8. The zero-order chi connectivity index (χ0) is 33.5. The second-order valence-corrected chi connectivity index (χ2v) is 8.02. The first-order chi connectivity index (χ1) is 18.3. The van der Waals surface area contributed by atoms with Gasteiger partial charge in [-0.1, -0.05) is 39.5 Å². The van der Waals surface area contributed by atoms with E-state index in [4.69, 9.17) is 39.4 Å². The Hall–Kier alpha value is -4.70. The van der Waals surface area contributed by atoms with Crippen LogP contribution in [0, 0.1) is 0 Å². The molecule has 0 atom stereocenters. The molecule has 0 aromatic rings. The highest BCUT2D eigenvalue weighted by Gasteiger charge is 2.50. The molecule has 0 heterocycles. The van der Waals surface area contributed by atoms with Crippen LogP contribution in [0.4, 0.5) is 0 Å². The molecule has 15 heteroatoms. The Kier molecular flexibility index (Phi) is 17.7. The van der Waals surface area contributed by atoms with Crippen LogP contribution in [0.1, 0.15) is 41.5 Å². The number of carbonyl (C=O) groups is 6. The Morgan fingerprint density at radius 3 is 0.683 bits per heavy atom. The smallest absolute Gasteiger partial charge is 0.386 e. The lowest BCUT2D eigenvalue weighted by Crippen LogP contribution is -2.48. The van der Waals surface area contributed by atoms with Gasteiger partial charge in [0, 0.05) is 33.4 Å². The van der Waals surface area contributed by atoms with E-state index in [1.54, 1.807) is 0 Å². The molecule has 0 bridgehead atoms. The van der Waals surface area contributed by atoms with Crippen LogP contribution in [0.2, 0.25) is 0 Å². The number of rotatable bonds is 10. The molecule has 0 spiro atoms. The Morgan fingerprint density at radius 1 is 0.415 bits per heavy atom. The predicted octanol–water partition coefficient (Wildman–Crippen LogP) is 0.850. The van der Waals surface area contributed by atoms with Crippen molar-refractivity contribution in [2.45, 2.75) is 53.9 Å². The summed E-state index contributed by atoms with van der Waals surface area (Å²) in [6.45, 7) is 28.0. The first-order valence-electron chi connectivity index (χ1n) is 10.8. The molecule has 41 heavy (non-hydrogen) atoms. The molecule has 0 radical (unpaired) electrons. The average molecular weight is 587 g/mol. The highest BCUT2D eigenvalue weighted by atomic mass is 17.0. The van der Waals surface area contributed by atoms with Gasteiger partial charge in [0.15, 0.2) is 0 Å². The van der Waals surface area contributed by atoms with Gasteiger partial charge >= 0.3 is 48.1 Å². The molecular weight excluding hydrogens is 552 g/mol. The standard InChI is InChI=1S/C17H20O8.C8H10O3.CH4O4/c1-9(2)13(18)22-17(23-14(19)10(3)4,24-15(20)11(5)6)25-16(21)12(7)8;1-5(2)7(9)11-8(10)6(3)4;2-1(3,4)5/h1,3,5,7H2,2,4,6,8H3;1,3H2,2,4H3;2-5H. The molecule has 0 aliphatic carbocycles. The molecule has 0 saturated carbocycles. The van der Waals surface area contributed by atoms with Crippen LogP contribution in [0.5, 0.6) is 0 Å². The van der Waals surface area contributed by atoms with Crippen molar-refractivity contribution >= 4 is 35.8 Å². The molecule has 0 aromatic carbocycles.